The van der Waals surface area contributed by atoms with Gasteiger partial charge in [-0.2, -0.15) is 5.01 Å². The fourth-order valence-electron chi connectivity index (χ4n) is 1.94. The second kappa shape index (κ2) is 4.29. The third-order valence-electron chi connectivity index (χ3n) is 2.88. The molecule has 0 unspecified atom stereocenters. The Morgan fingerprint density at radius 3 is 2.84 bits per heavy atom. The van der Waals surface area contributed by atoms with E-state index in [4.69, 9.17) is 0 Å². The number of rotatable bonds is 1. The molecular formula is C12H14N6O. The lowest BCUT2D eigenvalue weighted by atomic mass is 10.2. The van der Waals surface area contributed by atoms with Gasteiger partial charge in [0.15, 0.2) is 5.84 Å². The van der Waals surface area contributed by atoms with Gasteiger partial charge in [0, 0.05) is 25.0 Å². The van der Waals surface area contributed by atoms with Gasteiger partial charge in [0.05, 0.1) is 5.69 Å². The number of fused-ring (bicyclic) bond motifs is 1. The Hall–Kier alpha value is -2.54. The molecule has 0 radical (unpaired) electrons. The van der Waals surface area contributed by atoms with E-state index in [1.807, 2.05) is 30.3 Å². The summed E-state index contributed by atoms with van der Waals surface area (Å²) in [6, 6.07) is 9.66. The lowest BCUT2D eigenvalue weighted by Gasteiger charge is -2.20. The van der Waals surface area contributed by atoms with Crippen molar-refractivity contribution < 1.29 is 4.79 Å². The highest BCUT2D eigenvalue weighted by atomic mass is 16.2. The van der Waals surface area contributed by atoms with Crippen molar-refractivity contribution in [3.8, 4) is 0 Å². The smallest absolute Gasteiger partial charge is 0.341 e. The molecule has 98 valence electrons. The van der Waals surface area contributed by atoms with Crippen molar-refractivity contribution in [1.29, 1.82) is 0 Å². The Morgan fingerprint density at radius 2 is 2.11 bits per heavy atom. The van der Waals surface area contributed by atoms with Crippen LogP contribution in [0, 0.1) is 0 Å². The number of urea groups is 1. The number of carbonyl (C=O) groups is 1. The number of hydrogen-bond acceptors (Lipinski definition) is 4. The summed E-state index contributed by atoms with van der Waals surface area (Å²) >= 11 is 0. The number of aromatic amines is 1. The maximum Gasteiger partial charge on any atom is 0.341 e. The molecule has 1 aliphatic rings. The molecule has 2 heterocycles. The number of nitrogens with one attached hydrogen (secondary N) is 3. The number of benzene rings is 1. The molecule has 2 aromatic rings. The Balaban J connectivity index is 1.98. The van der Waals surface area contributed by atoms with Gasteiger partial charge in [0.1, 0.15) is 0 Å². The first-order valence-corrected chi connectivity index (χ1v) is 5.84. The van der Waals surface area contributed by atoms with Crippen LogP contribution in [0.25, 0.3) is 10.9 Å². The van der Waals surface area contributed by atoms with E-state index in [9.17, 15) is 4.79 Å². The average Bonchev–Trinajstić information content (AvgIpc) is 3.03. The number of aromatic nitrogens is 1. The standard InChI is InChI=1S/C12H14N6O/c1-17(2)12(19)18-11(14-15-16-18)10-7-8-5-3-4-6-9(8)13-10/h3-7,13,15-16H,1-2H3. The van der Waals surface area contributed by atoms with Gasteiger partial charge in [-0.25, -0.2) is 10.3 Å². The van der Waals surface area contributed by atoms with Crippen molar-refractivity contribution in [2.24, 2.45) is 5.10 Å². The molecule has 0 saturated carbocycles. The van der Waals surface area contributed by atoms with Crippen LogP contribution in [0.3, 0.4) is 0 Å². The molecule has 19 heavy (non-hydrogen) atoms. The van der Waals surface area contributed by atoms with Gasteiger partial charge < -0.3 is 9.88 Å². The Morgan fingerprint density at radius 1 is 1.32 bits per heavy atom. The molecule has 0 atom stereocenters. The minimum Gasteiger partial charge on any atom is -0.352 e. The van der Waals surface area contributed by atoms with Gasteiger partial charge in [-0.3, -0.25) is 0 Å². The minimum atomic E-state index is -0.206. The summed E-state index contributed by atoms with van der Waals surface area (Å²) in [7, 11) is 3.37. The summed E-state index contributed by atoms with van der Waals surface area (Å²) < 4.78 is 0. The summed E-state index contributed by atoms with van der Waals surface area (Å²) in [6.45, 7) is 0. The zero-order valence-electron chi connectivity index (χ0n) is 10.6. The van der Waals surface area contributed by atoms with Crippen LogP contribution in [0.15, 0.2) is 35.4 Å². The number of amidine groups is 1. The maximum absolute atomic E-state index is 12.0. The van der Waals surface area contributed by atoms with Crippen LogP contribution < -0.4 is 11.1 Å². The van der Waals surface area contributed by atoms with Crippen LogP contribution >= 0.6 is 0 Å². The molecule has 0 saturated heterocycles. The van der Waals surface area contributed by atoms with Gasteiger partial charge in [0.2, 0.25) is 0 Å². The lowest BCUT2D eigenvalue weighted by molar-refractivity contribution is 0.178. The Bertz CT molecular complexity index is 626. The summed E-state index contributed by atoms with van der Waals surface area (Å²) in [6.07, 6.45) is 0. The molecule has 2 amide bonds. The third-order valence-corrected chi connectivity index (χ3v) is 2.88. The van der Waals surface area contributed by atoms with Gasteiger partial charge in [-0.1, -0.05) is 18.2 Å². The fraction of sp³-hybridized carbons (Fsp3) is 0.167. The summed E-state index contributed by atoms with van der Waals surface area (Å²) in [5, 5.41) is 6.51. The van der Waals surface area contributed by atoms with E-state index in [2.05, 4.69) is 21.2 Å². The van der Waals surface area contributed by atoms with Crippen LogP contribution in [-0.4, -0.2) is 40.9 Å². The van der Waals surface area contributed by atoms with Crippen molar-refractivity contribution in [1.82, 2.24) is 26.0 Å². The number of nitrogens with zero attached hydrogens (tertiary/aromatic N) is 3. The van der Waals surface area contributed by atoms with E-state index < -0.39 is 0 Å². The number of amides is 2. The normalized spacial score (nSPS) is 14.4. The summed E-state index contributed by atoms with van der Waals surface area (Å²) in [4.78, 5) is 16.7. The quantitative estimate of drug-likeness (QED) is 0.709. The van der Waals surface area contributed by atoms with Gasteiger partial charge in [0.25, 0.3) is 0 Å². The molecule has 3 rings (SSSR count). The topological polar surface area (TPSA) is 75.8 Å². The Kier molecular flexibility index (Phi) is 2.60. The zero-order valence-corrected chi connectivity index (χ0v) is 10.6. The predicted molar refractivity (Wildman–Crippen MR) is 72.0 cm³/mol. The minimum absolute atomic E-state index is 0.206. The van der Waals surface area contributed by atoms with Gasteiger partial charge >= 0.3 is 6.03 Å². The first kappa shape index (κ1) is 11.5. The molecule has 0 fully saturated rings. The Labute approximate surface area is 109 Å². The highest BCUT2D eigenvalue weighted by molar-refractivity contribution is 6.08. The molecule has 3 N–H and O–H groups in total. The molecular weight excluding hydrogens is 244 g/mol. The van der Waals surface area contributed by atoms with E-state index in [1.165, 1.54) is 9.91 Å². The van der Waals surface area contributed by atoms with Crippen molar-refractivity contribution >= 4 is 22.8 Å². The number of hydrazine groups is 2. The molecule has 1 aromatic carbocycles. The molecule has 0 bridgehead atoms. The van der Waals surface area contributed by atoms with E-state index in [-0.39, 0.29) is 6.03 Å². The third kappa shape index (κ3) is 1.89. The van der Waals surface area contributed by atoms with Crippen molar-refractivity contribution in [2.75, 3.05) is 14.1 Å². The second-order valence-corrected chi connectivity index (χ2v) is 4.44. The SMILES string of the molecule is CN(C)C(=O)N1NNN=C1c1cc2ccccc2[nH]1. The summed E-state index contributed by atoms with van der Waals surface area (Å²) in [5.41, 5.74) is 7.07. The number of carbonyl (C=O) groups excluding carboxylic acids is 1. The van der Waals surface area contributed by atoms with Crippen LogP contribution in [-0.2, 0) is 0 Å². The largest absolute Gasteiger partial charge is 0.352 e. The lowest BCUT2D eigenvalue weighted by Crippen LogP contribution is -2.49. The molecule has 0 spiro atoms. The monoisotopic (exact) mass is 258 g/mol. The van der Waals surface area contributed by atoms with Crippen LogP contribution in [0.5, 0.6) is 0 Å². The molecule has 0 aliphatic carbocycles. The molecule has 1 aliphatic heterocycles. The maximum atomic E-state index is 12.0. The highest BCUT2D eigenvalue weighted by Crippen LogP contribution is 2.17. The molecule has 7 nitrogen and oxygen atoms in total. The van der Waals surface area contributed by atoms with Crippen LogP contribution in [0.4, 0.5) is 4.79 Å². The molecule has 7 heteroatoms. The van der Waals surface area contributed by atoms with Gasteiger partial charge in [-0.05, 0) is 12.1 Å². The molecule has 1 aromatic heterocycles. The van der Waals surface area contributed by atoms with E-state index in [0.717, 1.165) is 16.6 Å². The second-order valence-electron chi connectivity index (χ2n) is 4.44. The zero-order chi connectivity index (χ0) is 13.4. The number of hydrogen-bond donors (Lipinski definition) is 3. The van der Waals surface area contributed by atoms with E-state index in [1.54, 1.807) is 14.1 Å². The summed E-state index contributed by atoms with van der Waals surface area (Å²) in [5.74, 6) is 0.509. The number of H-pyrrole nitrogens is 1. The highest BCUT2D eigenvalue weighted by Gasteiger charge is 2.27. The first-order valence-electron chi connectivity index (χ1n) is 5.84. The van der Waals surface area contributed by atoms with Crippen LogP contribution in [0.2, 0.25) is 0 Å². The van der Waals surface area contributed by atoms with E-state index in [0.29, 0.717) is 5.84 Å². The van der Waals surface area contributed by atoms with E-state index >= 15 is 0 Å². The van der Waals surface area contributed by atoms with Gasteiger partial charge in [-0.15, -0.1) is 10.6 Å². The van der Waals surface area contributed by atoms with Crippen molar-refractivity contribution in [3.63, 3.8) is 0 Å². The number of hydrazone groups is 1. The first-order chi connectivity index (χ1) is 9.16. The number of para-hydroxylation sites is 1. The predicted octanol–water partition coefficient (Wildman–Crippen LogP) is 0.836. The average molecular weight is 258 g/mol. The van der Waals surface area contributed by atoms with Crippen LogP contribution in [0.1, 0.15) is 5.69 Å². The van der Waals surface area contributed by atoms with Crippen molar-refractivity contribution in [3.05, 3.63) is 36.0 Å². The van der Waals surface area contributed by atoms with Crippen molar-refractivity contribution in [2.45, 2.75) is 0 Å². The fourth-order valence-corrected chi connectivity index (χ4v) is 1.94.